The van der Waals surface area contributed by atoms with Crippen molar-refractivity contribution in [2.24, 2.45) is 0 Å². The molecule has 28 heavy (non-hydrogen) atoms. The summed E-state index contributed by atoms with van der Waals surface area (Å²) in [5.41, 5.74) is 4.06. The van der Waals surface area contributed by atoms with Crippen molar-refractivity contribution in [1.82, 2.24) is 4.98 Å². The van der Waals surface area contributed by atoms with E-state index in [9.17, 15) is 9.59 Å². The number of aromatic nitrogens is 1. The summed E-state index contributed by atoms with van der Waals surface area (Å²) in [6, 6.07) is 14.1. The van der Waals surface area contributed by atoms with Gasteiger partial charge in [-0.3, -0.25) is 9.59 Å². The molecule has 0 unspecified atom stereocenters. The zero-order valence-corrected chi connectivity index (χ0v) is 15.8. The van der Waals surface area contributed by atoms with Crippen LogP contribution in [0.5, 0.6) is 0 Å². The van der Waals surface area contributed by atoms with E-state index in [1.165, 1.54) is 16.2 Å². The van der Waals surface area contributed by atoms with Crippen molar-refractivity contribution in [2.75, 3.05) is 4.90 Å². The van der Waals surface area contributed by atoms with Crippen LogP contribution in [0, 0.1) is 0 Å². The Kier molecular flexibility index (Phi) is 4.59. The number of benzene rings is 2. The lowest BCUT2D eigenvalue weighted by Crippen LogP contribution is -2.29. The Morgan fingerprint density at radius 2 is 1.61 bits per heavy atom. The first-order valence-electron chi connectivity index (χ1n) is 8.63. The number of allylic oxidation sites excluding steroid dienone is 4. The van der Waals surface area contributed by atoms with Gasteiger partial charge in [0.1, 0.15) is 5.01 Å². The molecule has 0 radical (unpaired) electrons. The summed E-state index contributed by atoms with van der Waals surface area (Å²) in [6.07, 6.45) is 5.31. The van der Waals surface area contributed by atoms with E-state index < -0.39 is 0 Å². The van der Waals surface area contributed by atoms with Crippen LogP contribution in [-0.4, -0.2) is 16.8 Å². The zero-order valence-electron chi connectivity index (χ0n) is 15.0. The minimum absolute atomic E-state index is 0.297. The number of imide groups is 1. The van der Waals surface area contributed by atoms with Gasteiger partial charge < -0.3 is 0 Å². The molecule has 2 amide bonds. The van der Waals surface area contributed by atoms with E-state index >= 15 is 0 Å². The Balaban J connectivity index is 1.62. The van der Waals surface area contributed by atoms with Crippen molar-refractivity contribution >= 4 is 34.4 Å². The summed E-state index contributed by atoms with van der Waals surface area (Å²) < 4.78 is 0. The van der Waals surface area contributed by atoms with Crippen LogP contribution in [0.25, 0.3) is 16.8 Å². The average Bonchev–Trinajstić information content (AvgIpc) is 3.31. The number of amides is 2. The molecule has 2 aromatic carbocycles. The summed E-state index contributed by atoms with van der Waals surface area (Å²) in [6.45, 7) is 7.51. The van der Waals surface area contributed by atoms with Crippen molar-refractivity contribution in [1.29, 1.82) is 0 Å². The molecule has 1 aromatic heterocycles. The molecule has 2 heterocycles. The predicted molar refractivity (Wildman–Crippen MR) is 114 cm³/mol. The van der Waals surface area contributed by atoms with Gasteiger partial charge in [0, 0.05) is 16.5 Å². The molecule has 136 valence electrons. The highest BCUT2D eigenvalue weighted by Gasteiger charge is 2.36. The molecule has 0 fully saturated rings. The quantitative estimate of drug-likeness (QED) is 0.439. The molecule has 0 bridgehead atoms. The molecule has 0 atom stereocenters. The topological polar surface area (TPSA) is 50.3 Å². The molecule has 0 saturated heterocycles. The predicted octanol–water partition coefficient (Wildman–Crippen LogP) is 5.37. The van der Waals surface area contributed by atoms with Crippen LogP contribution in [0.3, 0.4) is 0 Å². The first-order valence-corrected chi connectivity index (χ1v) is 9.51. The highest BCUT2D eigenvalue weighted by molar-refractivity contribution is 7.11. The fraction of sp³-hybridized carbons (Fsp3) is 0. The molecular weight excluding hydrogens is 368 g/mol. The molecule has 1 aliphatic rings. The molecule has 0 N–H and O–H groups in total. The maximum Gasteiger partial charge on any atom is 0.266 e. The number of thiazole rings is 1. The molecule has 0 spiro atoms. The van der Waals surface area contributed by atoms with E-state index in [0.717, 1.165) is 21.8 Å². The Bertz CT molecular complexity index is 1100. The number of carbonyl (C=O) groups excluding carboxylic acids is 2. The second kappa shape index (κ2) is 7.21. The van der Waals surface area contributed by atoms with E-state index in [0.29, 0.717) is 16.8 Å². The van der Waals surface area contributed by atoms with E-state index in [1.54, 1.807) is 48.6 Å². The largest absolute Gasteiger partial charge is 0.268 e. The lowest BCUT2D eigenvalue weighted by atomic mass is 10.1. The van der Waals surface area contributed by atoms with Gasteiger partial charge in [-0.05, 0) is 24.3 Å². The summed E-state index contributed by atoms with van der Waals surface area (Å²) >= 11 is 1.52. The number of carbonyl (C=O) groups is 2. The van der Waals surface area contributed by atoms with Gasteiger partial charge in [0.25, 0.3) is 11.8 Å². The van der Waals surface area contributed by atoms with Gasteiger partial charge in [-0.1, -0.05) is 55.7 Å². The van der Waals surface area contributed by atoms with Crippen molar-refractivity contribution in [3.05, 3.63) is 101 Å². The van der Waals surface area contributed by atoms with Crippen LogP contribution in [0.1, 0.15) is 25.7 Å². The smallest absolute Gasteiger partial charge is 0.266 e. The second-order valence-corrected chi connectivity index (χ2v) is 7.00. The van der Waals surface area contributed by atoms with E-state index in [4.69, 9.17) is 0 Å². The van der Waals surface area contributed by atoms with Crippen LogP contribution >= 0.6 is 11.3 Å². The molecule has 4 rings (SSSR count). The third-order valence-corrected chi connectivity index (χ3v) is 5.38. The fourth-order valence-corrected chi connectivity index (χ4v) is 3.95. The van der Waals surface area contributed by atoms with E-state index in [-0.39, 0.29) is 11.8 Å². The number of hydrogen-bond donors (Lipinski definition) is 0. The van der Waals surface area contributed by atoms with Crippen LogP contribution in [0.4, 0.5) is 5.69 Å². The van der Waals surface area contributed by atoms with Crippen LogP contribution in [0.2, 0.25) is 0 Å². The van der Waals surface area contributed by atoms with Gasteiger partial charge in [-0.2, -0.15) is 0 Å². The van der Waals surface area contributed by atoms with E-state index in [1.807, 2.05) is 23.6 Å². The van der Waals surface area contributed by atoms with Crippen LogP contribution in [0.15, 0.2) is 85.3 Å². The number of nitrogens with zero attached hydrogens (tertiary/aromatic N) is 2. The number of hydrogen-bond acceptors (Lipinski definition) is 4. The molecule has 4 nitrogen and oxygen atoms in total. The Morgan fingerprint density at radius 3 is 2.18 bits per heavy atom. The molecule has 5 heteroatoms. The second-order valence-electron chi connectivity index (χ2n) is 6.14. The number of fused-ring (bicyclic) bond motifs is 1. The third kappa shape index (κ3) is 2.92. The fourth-order valence-electron chi connectivity index (χ4n) is 3.10. The molecule has 0 saturated carbocycles. The van der Waals surface area contributed by atoms with Crippen molar-refractivity contribution < 1.29 is 9.59 Å². The SMILES string of the molecule is C=C/C=C(\C=C)c1nc(-c2ccc(N3C(=O)c4ccccc4C3=O)cc2)cs1. The van der Waals surface area contributed by atoms with Gasteiger partial charge in [0.15, 0.2) is 0 Å². The van der Waals surface area contributed by atoms with Crippen LogP contribution in [-0.2, 0) is 0 Å². The first-order chi connectivity index (χ1) is 13.6. The lowest BCUT2D eigenvalue weighted by molar-refractivity contribution is 0.0926. The Morgan fingerprint density at radius 1 is 0.964 bits per heavy atom. The average molecular weight is 384 g/mol. The minimum Gasteiger partial charge on any atom is -0.268 e. The highest BCUT2D eigenvalue weighted by atomic mass is 32.1. The monoisotopic (exact) mass is 384 g/mol. The van der Waals surface area contributed by atoms with Crippen LogP contribution < -0.4 is 4.90 Å². The van der Waals surface area contributed by atoms with Crippen molar-refractivity contribution in [3.8, 4) is 11.3 Å². The summed E-state index contributed by atoms with van der Waals surface area (Å²) in [5, 5.41) is 2.82. The molecular formula is C23H16N2O2S. The molecule has 3 aromatic rings. The first kappa shape index (κ1) is 17.8. The summed E-state index contributed by atoms with van der Waals surface area (Å²) in [7, 11) is 0. The molecule has 1 aliphatic heterocycles. The normalized spacial score (nSPS) is 13.6. The lowest BCUT2D eigenvalue weighted by Gasteiger charge is -2.14. The number of anilines is 1. The Hall–Kier alpha value is -3.57. The summed E-state index contributed by atoms with van der Waals surface area (Å²) in [5.74, 6) is -0.594. The van der Waals surface area contributed by atoms with Crippen molar-refractivity contribution in [2.45, 2.75) is 0 Å². The molecule has 0 aliphatic carbocycles. The van der Waals surface area contributed by atoms with E-state index in [2.05, 4.69) is 18.1 Å². The maximum absolute atomic E-state index is 12.6. The minimum atomic E-state index is -0.297. The summed E-state index contributed by atoms with van der Waals surface area (Å²) in [4.78, 5) is 31.1. The highest BCUT2D eigenvalue weighted by Crippen LogP contribution is 2.31. The van der Waals surface area contributed by atoms with Crippen molar-refractivity contribution in [3.63, 3.8) is 0 Å². The Labute approximate surface area is 166 Å². The maximum atomic E-state index is 12.6. The van der Waals surface area contributed by atoms with Gasteiger partial charge in [0.2, 0.25) is 0 Å². The zero-order chi connectivity index (χ0) is 19.7. The van der Waals surface area contributed by atoms with Gasteiger partial charge in [-0.25, -0.2) is 9.88 Å². The third-order valence-electron chi connectivity index (χ3n) is 4.48. The van der Waals surface area contributed by atoms with Gasteiger partial charge in [0.05, 0.1) is 22.5 Å². The van der Waals surface area contributed by atoms with Gasteiger partial charge in [-0.15, -0.1) is 11.3 Å². The number of rotatable bonds is 5. The van der Waals surface area contributed by atoms with Gasteiger partial charge >= 0.3 is 0 Å². The standard InChI is InChI=1S/C23H16N2O2S/c1-3-7-15(4-2)21-24-20(14-28-21)16-10-12-17(13-11-16)25-22(26)18-8-5-6-9-19(18)23(25)27/h3-14H,1-2H2/b15-7+.